The van der Waals surface area contributed by atoms with Crippen LogP contribution in [0.1, 0.15) is 43.1 Å². The summed E-state index contributed by atoms with van der Waals surface area (Å²) >= 11 is 0. The Balaban J connectivity index is 1.93. The van der Waals surface area contributed by atoms with Crippen molar-refractivity contribution >= 4 is 16.7 Å². The molecule has 1 fully saturated rings. The molecule has 0 radical (unpaired) electrons. The molecule has 1 N–H and O–H groups in total. The van der Waals surface area contributed by atoms with Gasteiger partial charge in [0.2, 0.25) is 0 Å². The van der Waals surface area contributed by atoms with Crippen LogP contribution in [0.25, 0.3) is 10.8 Å². The van der Waals surface area contributed by atoms with E-state index in [4.69, 9.17) is 0 Å². The van der Waals surface area contributed by atoms with Gasteiger partial charge in [0.15, 0.2) is 0 Å². The number of rotatable bonds is 2. The first-order valence-corrected chi connectivity index (χ1v) is 7.97. The topological polar surface area (TPSA) is 53.2 Å². The number of carbonyl (C=O) groups excluding carboxylic acids is 1. The summed E-state index contributed by atoms with van der Waals surface area (Å²) in [4.78, 5) is 29.4. The van der Waals surface area contributed by atoms with Crippen LogP contribution in [-0.4, -0.2) is 28.9 Å². The molecular weight excluding hydrogens is 276 g/mol. The van der Waals surface area contributed by atoms with E-state index in [1.54, 1.807) is 12.1 Å². The van der Waals surface area contributed by atoms with Crippen molar-refractivity contribution < 1.29 is 4.79 Å². The average Bonchev–Trinajstić information content (AvgIpc) is 2.54. The van der Waals surface area contributed by atoms with Crippen LogP contribution in [0.3, 0.4) is 0 Å². The van der Waals surface area contributed by atoms with E-state index in [9.17, 15) is 9.59 Å². The summed E-state index contributed by atoms with van der Waals surface area (Å²) in [6.45, 7) is 2.21. The number of hydrogen-bond acceptors (Lipinski definition) is 2. The molecule has 1 aliphatic carbocycles. The fraction of sp³-hybridized carbons (Fsp3) is 0.444. The van der Waals surface area contributed by atoms with Crippen molar-refractivity contribution in [3.63, 3.8) is 0 Å². The number of nitrogens with one attached hydrogen (secondary N) is 1. The predicted molar refractivity (Wildman–Crippen MR) is 88.1 cm³/mol. The maximum atomic E-state index is 12.7. The number of pyridine rings is 1. The highest BCUT2D eigenvalue weighted by Crippen LogP contribution is 2.28. The van der Waals surface area contributed by atoms with Crippen LogP contribution < -0.4 is 5.56 Å². The fourth-order valence-electron chi connectivity index (χ4n) is 3.54. The van der Waals surface area contributed by atoms with Gasteiger partial charge < -0.3 is 9.88 Å². The Labute approximate surface area is 130 Å². The number of nitrogens with zero attached hydrogens (tertiary/aromatic N) is 1. The summed E-state index contributed by atoms with van der Waals surface area (Å²) in [5.74, 6) is 0.413. The van der Waals surface area contributed by atoms with Gasteiger partial charge in [-0.25, -0.2) is 0 Å². The van der Waals surface area contributed by atoms with E-state index in [-0.39, 0.29) is 17.5 Å². The minimum Gasteiger partial charge on any atom is -0.337 e. The molecule has 116 valence electrons. The molecule has 4 heteroatoms. The van der Waals surface area contributed by atoms with Crippen molar-refractivity contribution in [1.29, 1.82) is 0 Å². The molecule has 1 saturated carbocycles. The number of aromatic nitrogens is 1. The van der Waals surface area contributed by atoms with Gasteiger partial charge in [0.05, 0.1) is 0 Å². The molecule has 0 saturated heterocycles. The van der Waals surface area contributed by atoms with Crippen LogP contribution in [0.4, 0.5) is 0 Å². The zero-order chi connectivity index (χ0) is 15.7. The third kappa shape index (κ3) is 2.65. The second-order valence-corrected chi connectivity index (χ2v) is 6.34. The lowest BCUT2D eigenvalue weighted by Crippen LogP contribution is -2.43. The summed E-state index contributed by atoms with van der Waals surface area (Å²) in [7, 11) is 1.85. The lowest BCUT2D eigenvalue weighted by Gasteiger charge is -2.36. The SMILES string of the molecule is C[C@H]1CCCC[C@@H]1N(C)C(=O)c1cc2ccccc2c(=O)[nH]1. The van der Waals surface area contributed by atoms with Gasteiger partial charge in [-0.1, -0.05) is 38.0 Å². The van der Waals surface area contributed by atoms with Crippen LogP contribution in [0, 0.1) is 5.92 Å². The smallest absolute Gasteiger partial charge is 0.270 e. The van der Waals surface area contributed by atoms with Gasteiger partial charge >= 0.3 is 0 Å². The summed E-state index contributed by atoms with van der Waals surface area (Å²) in [5.41, 5.74) is 0.176. The van der Waals surface area contributed by atoms with Gasteiger partial charge in [-0.2, -0.15) is 0 Å². The molecule has 3 rings (SSSR count). The predicted octanol–water partition coefficient (Wildman–Crippen LogP) is 3.18. The second-order valence-electron chi connectivity index (χ2n) is 6.34. The molecule has 0 bridgehead atoms. The van der Waals surface area contributed by atoms with Crippen molar-refractivity contribution in [2.75, 3.05) is 7.05 Å². The zero-order valence-electron chi connectivity index (χ0n) is 13.1. The molecular formula is C18H22N2O2. The highest BCUT2D eigenvalue weighted by molar-refractivity contribution is 5.96. The molecule has 1 heterocycles. The molecule has 1 aromatic heterocycles. The number of hydrogen-bond donors (Lipinski definition) is 1. The number of aromatic amines is 1. The van der Waals surface area contributed by atoms with E-state index < -0.39 is 0 Å². The van der Waals surface area contributed by atoms with Gasteiger partial charge in [-0.15, -0.1) is 0 Å². The molecule has 0 unspecified atom stereocenters. The van der Waals surface area contributed by atoms with Crippen LogP contribution >= 0.6 is 0 Å². The molecule has 2 atom stereocenters. The van der Waals surface area contributed by atoms with Crippen molar-refractivity contribution in [1.82, 2.24) is 9.88 Å². The summed E-state index contributed by atoms with van der Waals surface area (Å²) in [5, 5.41) is 1.42. The van der Waals surface area contributed by atoms with Crippen LogP contribution in [0.5, 0.6) is 0 Å². The number of fused-ring (bicyclic) bond motifs is 1. The van der Waals surface area contributed by atoms with E-state index in [0.29, 0.717) is 17.0 Å². The van der Waals surface area contributed by atoms with Crippen molar-refractivity contribution in [3.05, 3.63) is 46.4 Å². The van der Waals surface area contributed by atoms with E-state index in [1.807, 2.05) is 30.1 Å². The number of H-pyrrole nitrogens is 1. The molecule has 1 aromatic carbocycles. The fourth-order valence-corrected chi connectivity index (χ4v) is 3.54. The van der Waals surface area contributed by atoms with Gasteiger partial charge in [-0.05, 0) is 36.3 Å². The number of amides is 1. The van der Waals surface area contributed by atoms with E-state index >= 15 is 0 Å². The zero-order valence-corrected chi connectivity index (χ0v) is 13.1. The first-order chi connectivity index (χ1) is 10.6. The standard InChI is InChI=1S/C18H22N2O2/c1-12-7-3-6-10-16(12)20(2)18(22)15-11-13-8-4-5-9-14(13)17(21)19-15/h4-5,8-9,11-12,16H,3,6-7,10H2,1-2H3,(H,19,21)/t12-,16-/m0/s1. The summed E-state index contributed by atoms with van der Waals surface area (Å²) in [6, 6.07) is 9.39. The molecule has 2 aromatic rings. The van der Waals surface area contributed by atoms with Crippen molar-refractivity contribution in [2.24, 2.45) is 5.92 Å². The maximum Gasteiger partial charge on any atom is 0.270 e. The lowest BCUT2D eigenvalue weighted by molar-refractivity contribution is 0.0623. The molecule has 1 aliphatic rings. The Morgan fingerprint density at radius 3 is 2.73 bits per heavy atom. The van der Waals surface area contributed by atoms with E-state index in [0.717, 1.165) is 18.2 Å². The quantitative estimate of drug-likeness (QED) is 0.925. The first kappa shape index (κ1) is 14.8. The van der Waals surface area contributed by atoms with Gasteiger partial charge in [0.25, 0.3) is 11.5 Å². The molecule has 4 nitrogen and oxygen atoms in total. The Bertz CT molecular complexity index is 750. The van der Waals surface area contributed by atoms with Gasteiger partial charge in [-0.3, -0.25) is 9.59 Å². The van der Waals surface area contributed by atoms with E-state index in [1.165, 1.54) is 12.8 Å². The molecule has 0 aliphatic heterocycles. The second kappa shape index (κ2) is 5.95. The Morgan fingerprint density at radius 1 is 1.23 bits per heavy atom. The van der Waals surface area contributed by atoms with Gasteiger partial charge in [0, 0.05) is 18.5 Å². The number of benzene rings is 1. The maximum absolute atomic E-state index is 12.7. The minimum atomic E-state index is -0.202. The monoisotopic (exact) mass is 298 g/mol. The normalized spacial score (nSPS) is 21.7. The Kier molecular flexibility index (Phi) is 4.01. The molecule has 0 spiro atoms. The Hall–Kier alpha value is -2.10. The summed E-state index contributed by atoms with van der Waals surface area (Å²) in [6.07, 6.45) is 4.62. The summed E-state index contributed by atoms with van der Waals surface area (Å²) < 4.78 is 0. The van der Waals surface area contributed by atoms with Crippen LogP contribution in [0.2, 0.25) is 0 Å². The minimum absolute atomic E-state index is 0.0957. The largest absolute Gasteiger partial charge is 0.337 e. The van der Waals surface area contributed by atoms with E-state index in [2.05, 4.69) is 11.9 Å². The highest BCUT2D eigenvalue weighted by Gasteiger charge is 2.28. The van der Waals surface area contributed by atoms with Crippen LogP contribution in [-0.2, 0) is 0 Å². The molecule has 22 heavy (non-hydrogen) atoms. The van der Waals surface area contributed by atoms with Gasteiger partial charge in [0.1, 0.15) is 5.69 Å². The Morgan fingerprint density at radius 2 is 1.95 bits per heavy atom. The molecule has 1 amide bonds. The van der Waals surface area contributed by atoms with Crippen LogP contribution in [0.15, 0.2) is 35.1 Å². The number of carbonyl (C=O) groups is 1. The lowest BCUT2D eigenvalue weighted by atomic mass is 9.85. The third-order valence-corrected chi connectivity index (χ3v) is 4.87. The average molecular weight is 298 g/mol. The first-order valence-electron chi connectivity index (χ1n) is 7.97. The third-order valence-electron chi connectivity index (χ3n) is 4.87. The van der Waals surface area contributed by atoms with Crippen molar-refractivity contribution in [2.45, 2.75) is 38.6 Å². The van der Waals surface area contributed by atoms with Crippen molar-refractivity contribution in [3.8, 4) is 0 Å². The highest BCUT2D eigenvalue weighted by atomic mass is 16.2.